The number of hydrogen-bond acceptors (Lipinski definition) is 3. The van der Waals surface area contributed by atoms with Gasteiger partial charge in [0.25, 0.3) is 0 Å². The Labute approximate surface area is 145 Å². The van der Waals surface area contributed by atoms with E-state index >= 15 is 0 Å². The number of aromatic nitrogens is 3. The van der Waals surface area contributed by atoms with Crippen molar-refractivity contribution in [1.29, 1.82) is 0 Å². The number of nitrogens with zero attached hydrogens (tertiary/aromatic N) is 2. The molecule has 0 aliphatic carbocycles. The summed E-state index contributed by atoms with van der Waals surface area (Å²) in [5.74, 6) is 0.864. The summed E-state index contributed by atoms with van der Waals surface area (Å²) in [7, 11) is 1.70. The lowest BCUT2D eigenvalue weighted by Crippen LogP contribution is -2.06. The molecule has 5 nitrogen and oxygen atoms in total. The van der Waals surface area contributed by atoms with Crippen LogP contribution in [0.4, 0.5) is 0 Å². The Morgan fingerprint density at radius 3 is 3.04 bits per heavy atom. The Morgan fingerprint density at radius 2 is 2.24 bits per heavy atom. The number of rotatable bonds is 3. The van der Waals surface area contributed by atoms with Crippen molar-refractivity contribution in [2.45, 2.75) is 12.5 Å². The molecule has 1 aliphatic rings. The van der Waals surface area contributed by atoms with Crippen LogP contribution in [-0.2, 0) is 4.74 Å². The van der Waals surface area contributed by atoms with Crippen molar-refractivity contribution >= 4 is 21.9 Å². The zero-order valence-electron chi connectivity index (χ0n) is 14.0. The van der Waals surface area contributed by atoms with Gasteiger partial charge < -0.3 is 19.0 Å². The highest BCUT2D eigenvalue weighted by Gasteiger charge is 2.22. The molecule has 1 aliphatic heterocycles. The average Bonchev–Trinajstić information content (AvgIpc) is 3.37. The average molecular weight is 333 g/mol. The third-order valence-corrected chi connectivity index (χ3v) is 5.02. The summed E-state index contributed by atoms with van der Waals surface area (Å²) in [5, 5.41) is 2.29. The van der Waals surface area contributed by atoms with Crippen LogP contribution in [0.25, 0.3) is 33.2 Å². The molecule has 1 atom stereocenters. The van der Waals surface area contributed by atoms with Gasteiger partial charge in [0.15, 0.2) is 0 Å². The molecule has 0 amide bonds. The Hall–Kier alpha value is -2.79. The number of H-pyrrole nitrogens is 1. The molecule has 1 aromatic carbocycles. The van der Waals surface area contributed by atoms with E-state index in [4.69, 9.17) is 9.47 Å². The highest BCUT2D eigenvalue weighted by atomic mass is 16.5. The van der Waals surface area contributed by atoms with Gasteiger partial charge in [-0.1, -0.05) is 0 Å². The minimum Gasteiger partial charge on any atom is -0.497 e. The van der Waals surface area contributed by atoms with Crippen molar-refractivity contribution in [2.24, 2.45) is 0 Å². The van der Waals surface area contributed by atoms with Crippen LogP contribution < -0.4 is 4.74 Å². The largest absolute Gasteiger partial charge is 0.497 e. The molecule has 0 spiro atoms. The molecule has 0 radical (unpaired) electrons. The molecule has 0 bridgehead atoms. The molecule has 1 N–H and O–H groups in total. The lowest BCUT2D eigenvalue weighted by atomic mass is 10.1. The molecule has 1 fully saturated rings. The fraction of sp³-hybridized carbons (Fsp3) is 0.250. The summed E-state index contributed by atoms with van der Waals surface area (Å²) in [6.45, 7) is 1.59. The number of hydrogen-bond donors (Lipinski definition) is 1. The maximum atomic E-state index is 5.60. The van der Waals surface area contributed by atoms with Crippen LogP contribution in [0.15, 0.2) is 48.8 Å². The third kappa shape index (κ3) is 2.31. The first kappa shape index (κ1) is 14.5. The summed E-state index contributed by atoms with van der Waals surface area (Å²) < 4.78 is 13.4. The van der Waals surface area contributed by atoms with E-state index in [1.165, 1.54) is 16.5 Å². The summed E-state index contributed by atoms with van der Waals surface area (Å²) >= 11 is 0. The van der Waals surface area contributed by atoms with E-state index < -0.39 is 0 Å². The number of ether oxygens (including phenoxy) is 2. The van der Waals surface area contributed by atoms with Crippen LogP contribution >= 0.6 is 0 Å². The fourth-order valence-corrected chi connectivity index (χ4v) is 3.72. The van der Waals surface area contributed by atoms with E-state index in [1.54, 1.807) is 7.11 Å². The molecule has 1 saturated heterocycles. The van der Waals surface area contributed by atoms with Crippen molar-refractivity contribution in [1.82, 2.24) is 14.5 Å². The van der Waals surface area contributed by atoms with Crippen LogP contribution in [-0.4, -0.2) is 34.9 Å². The van der Waals surface area contributed by atoms with E-state index in [2.05, 4.69) is 45.0 Å². The first-order valence-electron chi connectivity index (χ1n) is 8.54. The fourth-order valence-electron chi connectivity index (χ4n) is 3.72. The van der Waals surface area contributed by atoms with Gasteiger partial charge in [-0.15, -0.1) is 0 Å². The van der Waals surface area contributed by atoms with E-state index in [1.807, 2.05) is 18.3 Å². The highest BCUT2D eigenvalue weighted by Crippen LogP contribution is 2.36. The lowest BCUT2D eigenvalue weighted by Gasteiger charge is -2.11. The summed E-state index contributed by atoms with van der Waals surface area (Å²) in [5.41, 5.74) is 4.35. The molecule has 4 aromatic rings. The molecule has 126 valence electrons. The maximum absolute atomic E-state index is 5.60. The van der Waals surface area contributed by atoms with Crippen molar-refractivity contribution in [3.05, 3.63) is 48.8 Å². The van der Waals surface area contributed by atoms with Gasteiger partial charge in [-0.05, 0) is 42.8 Å². The van der Waals surface area contributed by atoms with Gasteiger partial charge >= 0.3 is 0 Å². The Morgan fingerprint density at radius 1 is 1.28 bits per heavy atom. The molecular formula is C20H19N3O2. The van der Waals surface area contributed by atoms with Crippen LogP contribution in [0.2, 0.25) is 0 Å². The molecule has 1 unspecified atom stereocenters. The third-order valence-electron chi connectivity index (χ3n) is 5.02. The normalized spacial score (nSPS) is 17.6. The monoisotopic (exact) mass is 333 g/mol. The number of aromatic amines is 1. The minimum atomic E-state index is 0.382. The highest BCUT2D eigenvalue weighted by molar-refractivity contribution is 5.98. The minimum absolute atomic E-state index is 0.382. The van der Waals surface area contributed by atoms with Crippen molar-refractivity contribution < 1.29 is 9.47 Å². The summed E-state index contributed by atoms with van der Waals surface area (Å²) in [4.78, 5) is 7.87. The lowest BCUT2D eigenvalue weighted by molar-refractivity contribution is 0.187. The van der Waals surface area contributed by atoms with Crippen LogP contribution in [0.5, 0.6) is 5.75 Å². The Kier molecular flexibility index (Phi) is 3.28. The second kappa shape index (κ2) is 5.63. The number of methoxy groups -OCH3 is 1. The van der Waals surface area contributed by atoms with Gasteiger partial charge in [-0.3, -0.25) is 0 Å². The van der Waals surface area contributed by atoms with E-state index in [-0.39, 0.29) is 0 Å². The van der Waals surface area contributed by atoms with Gasteiger partial charge in [0.1, 0.15) is 11.4 Å². The topological polar surface area (TPSA) is 52.1 Å². The van der Waals surface area contributed by atoms with Crippen molar-refractivity contribution in [3.63, 3.8) is 0 Å². The molecule has 5 rings (SSSR count). The number of nitrogens with one attached hydrogen (secondary N) is 1. The Balaban J connectivity index is 1.75. The van der Waals surface area contributed by atoms with E-state index in [9.17, 15) is 0 Å². The van der Waals surface area contributed by atoms with Gasteiger partial charge in [-0.2, -0.15) is 0 Å². The van der Waals surface area contributed by atoms with Crippen molar-refractivity contribution in [3.8, 4) is 17.0 Å². The summed E-state index contributed by atoms with van der Waals surface area (Å²) in [6, 6.07) is 12.8. The quantitative estimate of drug-likeness (QED) is 0.612. The smallest absolute Gasteiger partial charge is 0.137 e. The molecule has 5 heteroatoms. The second-order valence-electron chi connectivity index (χ2n) is 6.47. The van der Waals surface area contributed by atoms with E-state index in [0.717, 1.165) is 42.1 Å². The standard InChI is InChI=1S/C20H19N3O2/c1-24-15-4-5-19-16(10-15)17(11-23(19)14-6-8-25-12-14)18-9-13-3-2-7-21-20(13)22-18/h2-5,7,9-11,14H,6,8,12H2,1H3,(H,21,22). The zero-order chi connectivity index (χ0) is 16.8. The summed E-state index contributed by atoms with van der Waals surface area (Å²) in [6.07, 6.45) is 5.09. The maximum Gasteiger partial charge on any atom is 0.137 e. The first-order chi connectivity index (χ1) is 12.3. The van der Waals surface area contributed by atoms with Crippen LogP contribution in [0.1, 0.15) is 12.5 Å². The van der Waals surface area contributed by atoms with Crippen molar-refractivity contribution in [2.75, 3.05) is 20.3 Å². The van der Waals surface area contributed by atoms with Gasteiger partial charge in [0.05, 0.1) is 19.8 Å². The predicted molar refractivity (Wildman–Crippen MR) is 98.1 cm³/mol. The van der Waals surface area contributed by atoms with Gasteiger partial charge in [0.2, 0.25) is 0 Å². The van der Waals surface area contributed by atoms with Crippen LogP contribution in [0.3, 0.4) is 0 Å². The number of fused-ring (bicyclic) bond motifs is 2. The van der Waals surface area contributed by atoms with Gasteiger partial charge in [0, 0.05) is 46.5 Å². The first-order valence-corrected chi connectivity index (χ1v) is 8.54. The van der Waals surface area contributed by atoms with E-state index in [0.29, 0.717) is 6.04 Å². The van der Waals surface area contributed by atoms with Crippen LogP contribution in [0, 0.1) is 0 Å². The zero-order valence-corrected chi connectivity index (χ0v) is 14.0. The SMILES string of the molecule is COc1ccc2c(c1)c(-c1cc3cccnc3[nH]1)cn2C1CCOC1. The Bertz CT molecular complexity index is 1020. The molecular weight excluding hydrogens is 314 g/mol. The second-order valence-corrected chi connectivity index (χ2v) is 6.47. The molecule has 3 aromatic heterocycles. The number of pyridine rings is 1. The molecule has 0 saturated carbocycles. The number of benzene rings is 1. The molecule has 4 heterocycles. The van der Waals surface area contributed by atoms with Gasteiger partial charge in [-0.25, -0.2) is 4.98 Å². The molecule has 25 heavy (non-hydrogen) atoms. The predicted octanol–water partition coefficient (Wildman–Crippen LogP) is 4.15.